The van der Waals surface area contributed by atoms with Crippen molar-refractivity contribution < 1.29 is 18.0 Å². The zero-order valence-electron chi connectivity index (χ0n) is 11.5. The lowest BCUT2D eigenvalue weighted by Gasteiger charge is -2.25. The van der Waals surface area contributed by atoms with Crippen molar-refractivity contribution in [3.05, 3.63) is 0 Å². The van der Waals surface area contributed by atoms with Crippen LogP contribution in [0.25, 0.3) is 0 Å². The van der Waals surface area contributed by atoms with Crippen LogP contribution in [-0.2, 0) is 4.79 Å². The minimum Gasteiger partial charge on any atom is -0.355 e. The van der Waals surface area contributed by atoms with Crippen LogP contribution < -0.4 is 10.6 Å². The summed E-state index contributed by atoms with van der Waals surface area (Å²) in [7, 11) is 0. The Morgan fingerprint density at radius 1 is 1.30 bits per heavy atom. The average Bonchev–Trinajstić information content (AvgIpc) is 2.83. The smallest absolute Gasteiger partial charge is 0.355 e. The Hall–Kier alpha value is -0.780. The summed E-state index contributed by atoms with van der Waals surface area (Å²) in [6.07, 6.45) is 0.938. The van der Waals surface area contributed by atoms with Crippen molar-refractivity contribution in [2.75, 3.05) is 19.6 Å². The Balaban J connectivity index is 1.47. The summed E-state index contributed by atoms with van der Waals surface area (Å²) in [6, 6.07) is 0. The molecule has 3 fully saturated rings. The number of rotatable bonds is 5. The molecule has 0 bridgehead atoms. The van der Waals surface area contributed by atoms with Crippen molar-refractivity contribution in [1.82, 2.24) is 10.6 Å². The molecule has 2 atom stereocenters. The van der Waals surface area contributed by atoms with Crippen LogP contribution in [0.1, 0.15) is 38.5 Å². The van der Waals surface area contributed by atoms with Gasteiger partial charge in [0.15, 0.2) is 0 Å². The molecular formula is C14H21F3N2O. The molecule has 3 nitrogen and oxygen atoms in total. The van der Waals surface area contributed by atoms with Gasteiger partial charge in [0.2, 0.25) is 5.91 Å². The van der Waals surface area contributed by atoms with Crippen LogP contribution in [0.15, 0.2) is 0 Å². The van der Waals surface area contributed by atoms with E-state index >= 15 is 0 Å². The molecule has 0 unspecified atom stereocenters. The molecule has 1 heterocycles. The first kappa shape index (κ1) is 14.2. The lowest BCUT2D eigenvalue weighted by molar-refractivity contribution is -0.190. The van der Waals surface area contributed by atoms with E-state index in [9.17, 15) is 18.0 Å². The van der Waals surface area contributed by atoms with E-state index in [0.717, 1.165) is 6.42 Å². The molecule has 0 aromatic heterocycles. The van der Waals surface area contributed by atoms with Crippen LogP contribution in [0.3, 0.4) is 0 Å². The van der Waals surface area contributed by atoms with Gasteiger partial charge in [-0.2, -0.15) is 13.2 Å². The summed E-state index contributed by atoms with van der Waals surface area (Å²) in [6.45, 7) is 0.507. The molecule has 2 N–H and O–H groups in total. The highest BCUT2D eigenvalue weighted by Crippen LogP contribution is 2.72. The molecule has 0 radical (unpaired) electrons. The van der Waals surface area contributed by atoms with Crippen molar-refractivity contribution in [2.24, 2.45) is 16.7 Å². The van der Waals surface area contributed by atoms with E-state index in [1.165, 1.54) is 19.3 Å². The third-order valence-electron chi connectivity index (χ3n) is 5.59. The van der Waals surface area contributed by atoms with E-state index in [-0.39, 0.29) is 25.4 Å². The van der Waals surface area contributed by atoms with Gasteiger partial charge in [0.1, 0.15) is 0 Å². The van der Waals surface area contributed by atoms with Crippen LogP contribution in [0.5, 0.6) is 0 Å². The quantitative estimate of drug-likeness (QED) is 0.815. The number of hydrogen-bond acceptors (Lipinski definition) is 2. The zero-order valence-corrected chi connectivity index (χ0v) is 11.5. The summed E-state index contributed by atoms with van der Waals surface area (Å²) in [5.41, 5.74) is -2.39. The number of hydrogen-bond donors (Lipinski definition) is 2. The minimum absolute atomic E-state index is 0.00551. The number of carbonyl (C=O) groups excluding carboxylic acids is 1. The average molecular weight is 290 g/mol. The summed E-state index contributed by atoms with van der Waals surface area (Å²) in [5.74, 6) is 0.559. The van der Waals surface area contributed by atoms with E-state index in [4.69, 9.17) is 0 Å². The van der Waals surface area contributed by atoms with Crippen molar-refractivity contribution in [3.63, 3.8) is 0 Å². The Morgan fingerprint density at radius 2 is 2.05 bits per heavy atom. The molecule has 2 aliphatic carbocycles. The van der Waals surface area contributed by atoms with E-state index < -0.39 is 17.0 Å². The second-order valence-electron chi connectivity index (χ2n) is 6.75. The van der Waals surface area contributed by atoms with E-state index in [1.54, 1.807) is 0 Å². The predicted octanol–water partition coefficient (Wildman–Crippen LogP) is 2.22. The van der Waals surface area contributed by atoms with Gasteiger partial charge in [0.05, 0.1) is 5.41 Å². The minimum atomic E-state index is -4.17. The number of carbonyl (C=O) groups is 1. The lowest BCUT2D eigenvalue weighted by Crippen LogP contribution is -2.37. The first-order chi connectivity index (χ1) is 9.39. The van der Waals surface area contributed by atoms with Gasteiger partial charge < -0.3 is 10.6 Å². The maximum Gasteiger partial charge on any atom is 0.396 e. The lowest BCUT2D eigenvalue weighted by atomic mass is 9.82. The predicted molar refractivity (Wildman–Crippen MR) is 68.0 cm³/mol. The zero-order chi connectivity index (χ0) is 14.4. The number of alkyl halides is 3. The molecule has 1 saturated heterocycles. The molecule has 3 rings (SSSR count). The Bertz CT molecular complexity index is 408. The van der Waals surface area contributed by atoms with E-state index in [1.807, 2.05) is 0 Å². The van der Waals surface area contributed by atoms with Crippen molar-refractivity contribution in [1.29, 1.82) is 0 Å². The third-order valence-corrected chi connectivity index (χ3v) is 5.59. The molecule has 1 amide bonds. The van der Waals surface area contributed by atoms with Crippen LogP contribution in [0.2, 0.25) is 0 Å². The summed E-state index contributed by atoms with van der Waals surface area (Å²) in [4.78, 5) is 11.7. The first-order valence-electron chi connectivity index (χ1n) is 7.43. The molecule has 3 aliphatic rings. The molecular weight excluding hydrogens is 269 g/mol. The molecule has 0 aromatic rings. The Labute approximate surface area is 116 Å². The fourth-order valence-corrected chi connectivity index (χ4v) is 3.80. The first-order valence-corrected chi connectivity index (χ1v) is 7.43. The Morgan fingerprint density at radius 3 is 2.60 bits per heavy atom. The highest BCUT2D eigenvalue weighted by Gasteiger charge is 2.81. The molecule has 20 heavy (non-hydrogen) atoms. The number of amides is 1. The number of halogens is 3. The fourth-order valence-electron chi connectivity index (χ4n) is 3.80. The van der Waals surface area contributed by atoms with E-state index in [2.05, 4.69) is 10.6 Å². The Kier molecular flexibility index (Phi) is 3.27. The van der Waals surface area contributed by atoms with Gasteiger partial charge in [-0.1, -0.05) is 19.3 Å². The second-order valence-corrected chi connectivity index (χ2v) is 6.75. The number of piperidine rings is 1. The van der Waals surface area contributed by atoms with Crippen LogP contribution in [-0.4, -0.2) is 31.7 Å². The molecule has 6 heteroatoms. The van der Waals surface area contributed by atoms with Gasteiger partial charge >= 0.3 is 6.18 Å². The molecule has 1 aliphatic heterocycles. The van der Waals surface area contributed by atoms with Gasteiger partial charge in [0, 0.05) is 31.5 Å². The van der Waals surface area contributed by atoms with Crippen molar-refractivity contribution in [3.8, 4) is 0 Å². The maximum atomic E-state index is 13.1. The maximum absolute atomic E-state index is 13.1. The van der Waals surface area contributed by atoms with Gasteiger partial charge in [-0.15, -0.1) is 0 Å². The van der Waals surface area contributed by atoms with Gasteiger partial charge in [0.25, 0.3) is 0 Å². The molecule has 2 saturated carbocycles. The van der Waals surface area contributed by atoms with Crippen LogP contribution >= 0.6 is 0 Å². The number of fused-ring (bicyclic) bond motifs is 1. The second kappa shape index (κ2) is 4.61. The highest BCUT2D eigenvalue weighted by atomic mass is 19.4. The monoisotopic (exact) mass is 290 g/mol. The standard InChI is InChI=1S/C14H21F3N2O/c15-14(16,17)13-6-12(13,7-18-9-13)8-19-11(20)5-4-10-2-1-3-10/h10,18H,1-9H2,(H,19,20)/t12-,13-/m0/s1. The molecule has 0 spiro atoms. The van der Waals surface area contributed by atoms with Crippen molar-refractivity contribution >= 4 is 5.91 Å². The topological polar surface area (TPSA) is 41.1 Å². The SMILES string of the molecule is O=C(CCC1CCC1)NC[C@]12CNC[C@@]1(C(F)(F)F)C2. The van der Waals surface area contributed by atoms with Crippen molar-refractivity contribution in [2.45, 2.75) is 44.7 Å². The summed E-state index contributed by atoms with van der Waals surface area (Å²) < 4.78 is 39.3. The summed E-state index contributed by atoms with van der Waals surface area (Å²) >= 11 is 0. The number of nitrogens with one attached hydrogen (secondary N) is 2. The van der Waals surface area contributed by atoms with Crippen LogP contribution in [0.4, 0.5) is 13.2 Å². The molecule has 114 valence electrons. The third kappa shape index (κ3) is 2.12. The fraction of sp³-hybridized carbons (Fsp3) is 0.929. The highest BCUT2D eigenvalue weighted by molar-refractivity contribution is 5.76. The van der Waals surface area contributed by atoms with Gasteiger partial charge in [-0.3, -0.25) is 4.79 Å². The van der Waals surface area contributed by atoms with E-state index in [0.29, 0.717) is 18.9 Å². The normalized spacial score (nSPS) is 36.4. The van der Waals surface area contributed by atoms with Gasteiger partial charge in [-0.05, 0) is 18.8 Å². The molecule has 0 aromatic carbocycles. The largest absolute Gasteiger partial charge is 0.396 e. The van der Waals surface area contributed by atoms with Gasteiger partial charge in [-0.25, -0.2) is 0 Å². The van der Waals surface area contributed by atoms with Crippen LogP contribution in [0, 0.1) is 16.7 Å². The summed E-state index contributed by atoms with van der Waals surface area (Å²) in [5, 5.41) is 5.56.